The highest BCUT2D eigenvalue weighted by Crippen LogP contribution is 2.38. The average molecular weight is 338 g/mol. The van der Waals surface area contributed by atoms with Crippen LogP contribution in [0.25, 0.3) is 11.3 Å². The molecule has 4 rings (SSSR count). The summed E-state index contributed by atoms with van der Waals surface area (Å²) >= 11 is 0. The van der Waals surface area contributed by atoms with Crippen molar-refractivity contribution >= 4 is 11.7 Å². The number of pyridine rings is 1. The third-order valence-corrected chi connectivity index (χ3v) is 4.06. The molecule has 0 atom stereocenters. The highest BCUT2D eigenvalue weighted by molar-refractivity contribution is 6.04. The van der Waals surface area contributed by atoms with Gasteiger partial charge in [0.25, 0.3) is 5.91 Å². The second-order valence-electron chi connectivity index (χ2n) is 5.85. The molecule has 0 saturated heterocycles. The maximum absolute atomic E-state index is 13.4. The molecule has 3 heterocycles. The van der Waals surface area contributed by atoms with Crippen LogP contribution in [0.15, 0.2) is 36.4 Å². The number of hydrogen-bond acceptors (Lipinski definition) is 4. The topological polar surface area (TPSA) is 69.0 Å². The number of aryl methyl sites for hydroxylation is 2. The van der Waals surface area contributed by atoms with Crippen LogP contribution in [0.2, 0.25) is 0 Å². The van der Waals surface area contributed by atoms with Gasteiger partial charge in [-0.3, -0.25) is 9.48 Å². The summed E-state index contributed by atoms with van der Waals surface area (Å²) in [6.45, 7) is 2.01. The van der Waals surface area contributed by atoms with E-state index < -0.39 is 0 Å². The fourth-order valence-corrected chi connectivity index (χ4v) is 2.97. The number of nitrogens with zero attached hydrogens (tertiary/aromatic N) is 3. The Balaban J connectivity index is 1.73. The molecule has 1 aromatic carbocycles. The Morgan fingerprint density at radius 3 is 2.96 bits per heavy atom. The van der Waals surface area contributed by atoms with Crippen molar-refractivity contribution in [3.63, 3.8) is 0 Å². The monoisotopic (exact) mass is 338 g/mol. The molecule has 0 bridgehead atoms. The van der Waals surface area contributed by atoms with Gasteiger partial charge in [0.15, 0.2) is 5.69 Å². The van der Waals surface area contributed by atoms with E-state index in [-0.39, 0.29) is 24.0 Å². The van der Waals surface area contributed by atoms with E-state index in [2.05, 4.69) is 15.4 Å². The molecule has 1 aliphatic heterocycles. The first-order valence-electron chi connectivity index (χ1n) is 7.76. The number of anilines is 1. The van der Waals surface area contributed by atoms with Crippen molar-refractivity contribution in [2.75, 3.05) is 5.32 Å². The molecule has 1 N–H and O–H groups in total. The number of carbonyl (C=O) groups excluding carboxylic acids is 1. The van der Waals surface area contributed by atoms with Crippen LogP contribution in [0.4, 0.5) is 10.2 Å². The van der Waals surface area contributed by atoms with Gasteiger partial charge in [0.1, 0.15) is 24.0 Å². The predicted octanol–water partition coefficient (Wildman–Crippen LogP) is 3.07. The number of amides is 1. The zero-order valence-electron chi connectivity index (χ0n) is 13.7. The summed E-state index contributed by atoms with van der Waals surface area (Å²) in [7, 11) is 1.75. The molecule has 0 fully saturated rings. The predicted molar refractivity (Wildman–Crippen MR) is 89.9 cm³/mol. The zero-order valence-corrected chi connectivity index (χ0v) is 13.7. The highest BCUT2D eigenvalue weighted by Gasteiger charge is 2.28. The molecule has 0 radical (unpaired) electrons. The first-order chi connectivity index (χ1) is 12.0. The largest absolute Gasteiger partial charge is 0.488 e. The fraction of sp³-hybridized carbons (Fsp3) is 0.167. The molecule has 1 amide bonds. The third-order valence-electron chi connectivity index (χ3n) is 4.06. The summed E-state index contributed by atoms with van der Waals surface area (Å²) in [6, 6.07) is 9.72. The van der Waals surface area contributed by atoms with Gasteiger partial charge < -0.3 is 10.1 Å². The standard InChI is InChI=1S/C18H15FN4O2/c1-10-4-3-5-15(20-10)21-18(24)16-13-9-25-14-8-11(19)6-7-12(14)17(13)23(2)22-16/h3-8H,9H2,1-2H3,(H,20,21,24). The van der Waals surface area contributed by atoms with Crippen LogP contribution in [0.5, 0.6) is 5.75 Å². The number of fused-ring (bicyclic) bond motifs is 3. The van der Waals surface area contributed by atoms with Gasteiger partial charge in [-0.15, -0.1) is 0 Å². The number of ether oxygens (including phenoxy) is 1. The van der Waals surface area contributed by atoms with Gasteiger partial charge in [-0.05, 0) is 31.2 Å². The van der Waals surface area contributed by atoms with Crippen LogP contribution in [0.1, 0.15) is 21.7 Å². The van der Waals surface area contributed by atoms with Crippen molar-refractivity contribution in [1.82, 2.24) is 14.8 Å². The van der Waals surface area contributed by atoms with Crippen molar-refractivity contribution in [2.45, 2.75) is 13.5 Å². The van der Waals surface area contributed by atoms with E-state index in [0.717, 1.165) is 11.4 Å². The van der Waals surface area contributed by atoms with E-state index in [0.29, 0.717) is 22.7 Å². The highest BCUT2D eigenvalue weighted by atomic mass is 19.1. The van der Waals surface area contributed by atoms with E-state index in [1.54, 1.807) is 23.9 Å². The second kappa shape index (κ2) is 5.70. The number of aromatic nitrogens is 3. The maximum atomic E-state index is 13.4. The minimum atomic E-state index is -0.368. The SMILES string of the molecule is Cc1cccc(NC(=O)c2nn(C)c3c2COc2cc(F)ccc2-3)n1. The van der Waals surface area contributed by atoms with Crippen LogP contribution in [-0.4, -0.2) is 20.7 Å². The van der Waals surface area contributed by atoms with Crippen molar-refractivity contribution in [2.24, 2.45) is 7.05 Å². The normalized spacial score (nSPS) is 12.1. The second-order valence-corrected chi connectivity index (χ2v) is 5.85. The first kappa shape index (κ1) is 15.3. The molecule has 0 aliphatic carbocycles. The van der Waals surface area contributed by atoms with E-state index in [1.807, 2.05) is 19.1 Å². The minimum Gasteiger partial charge on any atom is -0.488 e. The molecule has 6 nitrogen and oxygen atoms in total. The summed E-state index contributed by atoms with van der Waals surface area (Å²) in [5, 5.41) is 7.09. The number of rotatable bonds is 2. The zero-order chi connectivity index (χ0) is 17.6. The molecule has 0 unspecified atom stereocenters. The molecule has 25 heavy (non-hydrogen) atoms. The fourth-order valence-electron chi connectivity index (χ4n) is 2.97. The van der Waals surface area contributed by atoms with E-state index in [1.165, 1.54) is 12.1 Å². The van der Waals surface area contributed by atoms with E-state index >= 15 is 0 Å². The lowest BCUT2D eigenvalue weighted by molar-refractivity contribution is 0.101. The van der Waals surface area contributed by atoms with Crippen molar-refractivity contribution in [1.29, 1.82) is 0 Å². The Kier molecular flexibility index (Phi) is 3.49. The smallest absolute Gasteiger partial charge is 0.277 e. The van der Waals surface area contributed by atoms with Gasteiger partial charge in [0.05, 0.1) is 5.69 Å². The van der Waals surface area contributed by atoms with E-state index in [4.69, 9.17) is 4.74 Å². The molecule has 0 spiro atoms. The third kappa shape index (κ3) is 2.63. The van der Waals surface area contributed by atoms with Crippen molar-refractivity contribution in [3.05, 3.63) is 59.2 Å². The van der Waals surface area contributed by atoms with Crippen molar-refractivity contribution < 1.29 is 13.9 Å². The summed E-state index contributed by atoms with van der Waals surface area (Å²) in [5.41, 5.74) is 3.22. The summed E-state index contributed by atoms with van der Waals surface area (Å²) in [6.07, 6.45) is 0. The molecule has 2 aromatic heterocycles. The molecule has 7 heteroatoms. The van der Waals surface area contributed by atoms with Gasteiger partial charge in [0, 0.05) is 29.9 Å². The van der Waals surface area contributed by atoms with Crippen LogP contribution in [0.3, 0.4) is 0 Å². The minimum absolute atomic E-state index is 0.156. The van der Waals surface area contributed by atoms with Crippen molar-refractivity contribution in [3.8, 4) is 17.0 Å². The Hall–Kier alpha value is -3.22. The van der Waals surface area contributed by atoms with Gasteiger partial charge in [0.2, 0.25) is 0 Å². The van der Waals surface area contributed by atoms with Gasteiger partial charge >= 0.3 is 0 Å². The number of benzene rings is 1. The lowest BCUT2D eigenvalue weighted by Gasteiger charge is -2.18. The van der Waals surface area contributed by atoms with Crippen LogP contribution in [-0.2, 0) is 13.7 Å². The maximum Gasteiger partial charge on any atom is 0.277 e. The van der Waals surface area contributed by atoms with Crippen LogP contribution < -0.4 is 10.1 Å². The molecule has 0 saturated carbocycles. The lowest BCUT2D eigenvalue weighted by Crippen LogP contribution is -2.17. The number of hydrogen-bond donors (Lipinski definition) is 1. The Bertz CT molecular complexity index is 997. The van der Waals surface area contributed by atoms with Gasteiger partial charge in [-0.25, -0.2) is 9.37 Å². The molecular weight excluding hydrogens is 323 g/mol. The summed E-state index contributed by atoms with van der Waals surface area (Å²) < 4.78 is 20.6. The molecule has 3 aromatic rings. The summed E-state index contributed by atoms with van der Waals surface area (Å²) in [5.74, 6) is 0.184. The Morgan fingerprint density at radius 2 is 2.16 bits per heavy atom. The summed E-state index contributed by atoms with van der Waals surface area (Å²) in [4.78, 5) is 16.9. The number of carbonyl (C=O) groups is 1. The van der Waals surface area contributed by atoms with E-state index in [9.17, 15) is 9.18 Å². The molecule has 1 aliphatic rings. The first-order valence-corrected chi connectivity index (χ1v) is 7.76. The van der Waals surface area contributed by atoms with Crippen LogP contribution >= 0.6 is 0 Å². The molecular formula is C18H15FN4O2. The van der Waals surface area contributed by atoms with Gasteiger partial charge in [-0.1, -0.05) is 6.07 Å². The average Bonchev–Trinajstić information content (AvgIpc) is 2.92. The number of halogens is 1. The van der Waals surface area contributed by atoms with Gasteiger partial charge in [-0.2, -0.15) is 5.10 Å². The lowest BCUT2D eigenvalue weighted by atomic mass is 10.0. The number of nitrogens with one attached hydrogen (secondary N) is 1. The Morgan fingerprint density at radius 1 is 1.32 bits per heavy atom. The molecule has 126 valence electrons. The van der Waals surface area contributed by atoms with Crippen LogP contribution in [0, 0.1) is 12.7 Å². The Labute approximate surface area is 143 Å². The quantitative estimate of drug-likeness (QED) is 0.780.